The summed E-state index contributed by atoms with van der Waals surface area (Å²) in [5.74, 6) is 0. The van der Waals surface area contributed by atoms with Crippen molar-refractivity contribution in [2.45, 2.75) is 26.9 Å². The molecular formula is C21H21Cl2NSiZr. The van der Waals surface area contributed by atoms with Crippen LogP contribution in [0.3, 0.4) is 0 Å². The second-order valence-corrected chi connectivity index (χ2v) is 12.4. The zero-order valence-corrected chi connectivity index (χ0v) is 20.3. The molecule has 0 saturated carbocycles. The summed E-state index contributed by atoms with van der Waals surface area (Å²) in [6.45, 7) is 9.37. The van der Waals surface area contributed by atoms with Gasteiger partial charge in [0.1, 0.15) is 0 Å². The first-order valence-corrected chi connectivity index (χ1v) is 13.4. The molecule has 0 bridgehead atoms. The molecule has 0 amide bonds. The van der Waals surface area contributed by atoms with Crippen LogP contribution in [-0.4, -0.2) is 18.6 Å². The summed E-state index contributed by atoms with van der Waals surface area (Å²) in [7, 11) is -0.444. The Balaban J connectivity index is 0.00000121. The first kappa shape index (κ1) is 21.6. The summed E-state index contributed by atoms with van der Waals surface area (Å²) in [6, 6.07) is 15.5. The molecule has 0 saturated heterocycles. The van der Waals surface area contributed by atoms with Crippen LogP contribution in [0, 0.1) is 13.8 Å². The van der Waals surface area contributed by atoms with Gasteiger partial charge in [-0.25, -0.2) is 0 Å². The molecule has 0 unspecified atom stereocenters. The Bertz CT molecular complexity index is 1120. The van der Waals surface area contributed by atoms with Crippen LogP contribution < -0.4 is 38.7 Å². The number of nitrogens with one attached hydrogen (secondary N) is 1. The van der Waals surface area contributed by atoms with E-state index < -0.39 is 31.6 Å². The number of H-pyrrole nitrogens is 1. The topological polar surface area (TPSA) is 15.8 Å². The number of aromatic nitrogens is 1. The van der Waals surface area contributed by atoms with E-state index in [0.717, 1.165) is 0 Å². The van der Waals surface area contributed by atoms with Gasteiger partial charge in [-0.1, -0.05) is 0 Å². The molecule has 0 spiro atoms. The van der Waals surface area contributed by atoms with Crippen LogP contribution in [0.15, 0.2) is 42.5 Å². The average Bonchev–Trinajstić information content (AvgIpc) is 3.08. The molecule has 26 heavy (non-hydrogen) atoms. The zero-order chi connectivity index (χ0) is 16.8. The molecule has 0 fully saturated rings. The Morgan fingerprint density at radius 2 is 1.65 bits per heavy atom. The van der Waals surface area contributed by atoms with E-state index in [2.05, 4.69) is 80.5 Å². The molecular weight excluding hydrogens is 456 g/mol. The third-order valence-corrected chi connectivity index (χ3v) is 10.7. The molecule has 5 heteroatoms. The maximum absolute atomic E-state index is 3.76. The van der Waals surface area contributed by atoms with Crippen LogP contribution in [0.1, 0.15) is 11.1 Å². The summed E-state index contributed by atoms with van der Waals surface area (Å²) in [5, 5.41) is 6.02. The van der Waals surface area contributed by atoms with Gasteiger partial charge in [0.25, 0.3) is 0 Å². The molecule has 132 valence electrons. The van der Waals surface area contributed by atoms with Crippen molar-refractivity contribution in [1.82, 2.24) is 4.98 Å². The van der Waals surface area contributed by atoms with Gasteiger partial charge in [-0.2, -0.15) is 0 Å². The maximum atomic E-state index is 3.76. The predicted octanol–water partition coefficient (Wildman–Crippen LogP) is -3.39. The molecule has 1 aliphatic rings. The molecule has 2 aromatic carbocycles. The molecule has 1 nitrogen and oxygen atoms in total. The van der Waals surface area contributed by atoms with E-state index >= 15 is 0 Å². The smallest absolute Gasteiger partial charge is 1.00 e. The maximum Gasteiger partial charge on any atom is -1.00 e. The van der Waals surface area contributed by atoms with E-state index in [1.54, 1.807) is 8.45 Å². The van der Waals surface area contributed by atoms with Gasteiger partial charge in [0.15, 0.2) is 0 Å². The van der Waals surface area contributed by atoms with Crippen molar-refractivity contribution in [2.24, 2.45) is 0 Å². The fraction of sp³-hybridized carbons (Fsp3) is 0.190. The van der Waals surface area contributed by atoms with Crippen LogP contribution >= 0.6 is 0 Å². The van der Waals surface area contributed by atoms with Gasteiger partial charge >= 0.3 is 156 Å². The molecule has 0 aliphatic heterocycles. The molecule has 3 aromatic rings. The number of fused-ring (bicyclic) bond motifs is 2. The van der Waals surface area contributed by atoms with Crippen molar-refractivity contribution >= 4 is 37.2 Å². The number of aromatic amines is 1. The zero-order valence-electron chi connectivity index (χ0n) is 15.4. The van der Waals surface area contributed by atoms with E-state index in [1.807, 2.05) is 0 Å². The van der Waals surface area contributed by atoms with Crippen molar-refractivity contribution in [3.8, 4) is 0 Å². The summed E-state index contributed by atoms with van der Waals surface area (Å²) in [5.41, 5.74) is 4.17. The van der Waals surface area contributed by atoms with Crippen LogP contribution in [-0.2, 0) is 23.2 Å². The van der Waals surface area contributed by atoms with E-state index in [9.17, 15) is 0 Å². The summed E-state index contributed by atoms with van der Waals surface area (Å²) in [4.78, 5) is 3.76. The summed E-state index contributed by atoms with van der Waals surface area (Å²) < 4.78 is 3.23. The molecule has 0 radical (unpaired) electrons. The largest absolute Gasteiger partial charge is 1.00 e. The average molecular weight is 478 g/mol. The normalized spacial score (nSPS) is 12.0. The van der Waals surface area contributed by atoms with Gasteiger partial charge in [0.2, 0.25) is 0 Å². The SMILES string of the molecule is Cc1cccc2[nH][c]([Zr+2][C]3=c4ccccc4=CC3=[Si](C)C)c(C)c12.[Cl-].[Cl-]. The van der Waals surface area contributed by atoms with Gasteiger partial charge in [-0.05, 0) is 0 Å². The predicted molar refractivity (Wildman–Crippen MR) is 103 cm³/mol. The van der Waals surface area contributed by atoms with Gasteiger partial charge in [-0.3, -0.25) is 0 Å². The third-order valence-electron chi connectivity index (χ3n) is 4.87. The van der Waals surface area contributed by atoms with Crippen LogP contribution in [0.25, 0.3) is 20.3 Å². The second kappa shape index (κ2) is 8.52. The monoisotopic (exact) mass is 475 g/mol. The van der Waals surface area contributed by atoms with Gasteiger partial charge in [0, 0.05) is 0 Å². The first-order valence-electron chi connectivity index (χ1n) is 8.40. The minimum absolute atomic E-state index is 0. The second-order valence-electron chi connectivity index (χ2n) is 6.77. The van der Waals surface area contributed by atoms with Crippen molar-refractivity contribution in [1.29, 1.82) is 0 Å². The van der Waals surface area contributed by atoms with Crippen molar-refractivity contribution in [3.63, 3.8) is 0 Å². The Labute approximate surface area is 180 Å². The minimum atomic E-state index is -0.860. The molecule has 1 N–H and O–H groups in total. The molecule has 0 atom stereocenters. The fourth-order valence-corrected chi connectivity index (χ4v) is 10.2. The molecule has 4 rings (SSSR count). The summed E-state index contributed by atoms with van der Waals surface area (Å²) >= 11 is -0.860. The number of benzene rings is 2. The molecule has 1 aromatic heterocycles. The quantitative estimate of drug-likeness (QED) is 0.371. The Hall–Kier alpha value is -0.730. The molecule has 1 heterocycles. The van der Waals surface area contributed by atoms with Gasteiger partial charge in [-0.15, -0.1) is 0 Å². The first-order chi connectivity index (χ1) is 11.6. The van der Waals surface area contributed by atoms with E-state index in [4.69, 9.17) is 0 Å². The number of rotatable bonds is 2. The summed E-state index contributed by atoms with van der Waals surface area (Å²) in [6.07, 6.45) is 2.46. The standard InChI is InChI=1S/C11H11Si.C10H10N.2ClH.Zr/c1-12(2)11-7-9-5-3-4-6-10(9)8-11;1-7-4-3-5-9-10(7)8(2)6-11-9;;;/h3-7H,1-2H3;3-5,11H,1-2H3;2*1H;/q;;;;+2/p-2. The van der Waals surface area contributed by atoms with Gasteiger partial charge in [0.05, 0.1) is 0 Å². The Kier molecular flexibility index (Phi) is 7.07. The van der Waals surface area contributed by atoms with Gasteiger partial charge < -0.3 is 24.8 Å². The van der Waals surface area contributed by atoms with Crippen LogP contribution in [0.2, 0.25) is 13.1 Å². The number of aryl methyl sites for hydroxylation is 2. The minimum Gasteiger partial charge on any atom is -1.00 e. The number of hydrogen-bond acceptors (Lipinski definition) is 0. The number of halogens is 2. The van der Waals surface area contributed by atoms with E-state index in [-0.39, 0.29) is 24.8 Å². The fourth-order valence-electron chi connectivity index (χ4n) is 3.63. The van der Waals surface area contributed by atoms with Crippen molar-refractivity contribution < 1.29 is 48.0 Å². The van der Waals surface area contributed by atoms with Crippen LogP contribution in [0.5, 0.6) is 0 Å². The van der Waals surface area contributed by atoms with Crippen LogP contribution in [0.4, 0.5) is 0 Å². The van der Waals surface area contributed by atoms with Crippen molar-refractivity contribution in [2.75, 3.05) is 0 Å². The molecule has 1 aliphatic carbocycles. The Morgan fingerprint density at radius 3 is 2.35 bits per heavy atom. The number of hydrogen-bond donors (Lipinski definition) is 1. The van der Waals surface area contributed by atoms with E-state index in [1.165, 1.54) is 35.9 Å². The van der Waals surface area contributed by atoms with Crippen molar-refractivity contribution in [3.05, 3.63) is 64.0 Å². The third kappa shape index (κ3) is 3.64. The Morgan fingerprint density at radius 1 is 0.923 bits per heavy atom. The van der Waals surface area contributed by atoms with E-state index in [0.29, 0.717) is 0 Å².